The van der Waals surface area contributed by atoms with Crippen LogP contribution in [0.4, 0.5) is 0 Å². The molecule has 1 heterocycles. The molecule has 3 atom stereocenters. The van der Waals surface area contributed by atoms with E-state index in [0.717, 1.165) is 19.7 Å². The minimum atomic E-state index is 0.599. The Hall–Kier alpha value is -0.380. The number of methoxy groups -OCH3 is 1. The number of hydrogen-bond acceptors (Lipinski definition) is 2. The van der Waals surface area contributed by atoms with Crippen LogP contribution in [-0.4, -0.2) is 26.8 Å². The van der Waals surface area contributed by atoms with Crippen molar-refractivity contribution >= 4 is 15.9 Å². The number of hydrogen-bond donors (Lipinski definition) is 1. The molecule has 0 amide bonds. The molecule has 0 aliphatic carbocycles. The first-order valence-corrected chi connectivity index (χ1v) is 7.46. The van der Waals surface area contributed by atoms with Gasteiger partial charge in [0.15, 0.2) is 0 Å². The molecule has 3 unspecified atom stereocenters. The fourth-order valence-corrected chi connectivity index (χ4v) is 3.47. The lowest BCUT2D eigenvalue weighted by Crippen LogP contribution is -2.38. The van der Waals surface area contributed by atoms with E-state index in [-0.39, 0.29) is 0 Å². The second-order valence-corrected chi connectivity index (χ2v) is 6.17. The molecule has 3 heteroatoms. The van der Waals surface area contributed by atoms with E-state index in [2.05, 4.69) is 52.4 Å². The van der Waals surface area contributed by atoms with Crippen molar-refractivity contribution < 1.29 is 4.74 Å². The summed E-state index contributed by atoms with van der Waals surface area (Å²) >= 11 is 3.57. The van der Waals surface area contributed by atoms with Gasteiger partial charge in [-0.1, -0.05) is 35.0 Å². The van der Waals surface area contributed by atoms with Gasteiger partial charge in [0.25, 0.3) is 0 Å². The second kappa shape index (κ2) is 6.69. The van der Waals surface area contributed by atoms with Crippen LogP contribution < -0.4 is 5.32 Å². The molecule has 2 nitrogen and oxygen atoms in total. The van der Waals surface area contributed by atoms with Gasteiger partial charge in [-0.3, -0.25) is 0 Å². The third-order valence-corrected chi connectivity index (χ3v) is 4.47. The minimum absolute atomic E-state index is 0.599. The summed E-state index contributed by atoms with van der Waals surface area (Å²) in [6, 6.07) is 8.72. The topological polar surface area (TPSA) is 21.3 Å². The third-order valence-electron chi connectivity index (χ3n) is 3.97. The summed E-state index contributed by atoms with van der Waals surface area (Å²) in [6.07, 6.45) is 1.24. The molecule has 0 bridgehead atoms. The first-order chi connectivity index (χ1) is 8.72. The third kappa shape index (κ3) is 3.34. The predicted molar refractivity (Wildman–Crippen MR) is 78.9 cm³/mol. The van der Waals surface area contributed by atoms with Crippen molar-refractivity contribution in [3.8, 4) is 0 Å². The second-order valence-electron chi connectivity index (χ2n) is 5.25. The SMILES string of the molecule is COCC(C)C1CCNCC1c1cccc(Br)c1. The molecule has 1 aliphatic rings. The Morgan fingerprint density at radius 1 is 1.50 bits per heavy atom. The summed E-state index contributed by atoms with van der Waals surface area (Å²) < 4.78 is 6.51. The van der Waals surface area contributed by atoms with Crippen LogP contribution in [0.25, 0.3) is 0 Å². The minimum Gasteiger partial charge on any atom is -0.384 e. The van der Waals surface area contributed by atoms with Crippen LogP contribution in [0.5, 0.6) is 0 Å². The fourth-order valence-electron chi connectivity index (χ4n) is 3.05. The van der Waals surface area contributed by atoms with Crippen molar-refractivity contribution in [3.63, 3.8) is 0 Å². The number of piperidine rings is 1. The number of nitrogens with one attached hydrogen (secondary N) is 1. The first-order valence-electron chi connectivity index (χ1n) is 6.67. The Kier molecular flexibility index (Phi) is 5.22. The van der Waals surface area contributed by atoms with Crippen LogP contribution in [0.3, 0.4) is 0 Å². The van der Waals surface area contributed by atoms with Gasteiger partial charge in [-0.05, 0) is 48.4 Å². The van der Waals surface area contributed by atoms with Crippen molar-refractivity contribution in [3.05, 3.63) is 34.3 Å². The molecule has 1 aliphatic heterocycles. The average Bonchev–Trinajstić information content (AvgIpc) is 2.39. The quantitative estimate of drug-likeness (QED) is 0.920. The predicted octanol–water partition coefficient (Wildman–Crippen LogP) is 3.42. The summed E-state index contributed by atoms with van der Waals surface area (Å²) in [4.78, 5) is 0. The Morgan fingerprint density at radius 2 is 2.33 bits per heavy atom. The monoisotopic (exact) mass is 311 g/mol. The highest BCUT2D eigenvalue weighted by Gasteiger charge is 2.30. The van der Waals surface area contributed by atoms with Gasteiger partial charge in [0.05, 0.1) is 0 Å². The molecule has 100 valence electrons. The summed E-state index contributed by atoms with van der Waals surface area (Å²) in [7, 11) is 1.80. The molecular weight excluding hydrogens is 290 g/mol. The zero-order valence-electron chi connectivity index (χ0n) is 11.2. The summed E-state index contributed by atoms with van der Waals surface area (Å²) in [5, 5.41) is 3.52. The molecule has 0 saturated carbocycles. The van der Waals surface area contributed by atoms with Crippen molar-refractivity contribution in [2.24, 2.45) is 11.8 Å². The Labute approximate surface area is 118 Å². The van der Waals surface area contributed by atoms with Gasteiger partial charge in [0.2, 0.25) is 0 Å². The Balaban J connectivity index is 2.17. The maximum absolute atomic E-state index is 5.34. The van der Waals surface area contributed by atoms with Crippen molar-refractivity contribution in [1.82, 2.24) is 5.32 Å². The Morgan fingerprint density at radius 3 is 3.06 bits per heavy atom. The molecule has 0 aromatic heterocycles. The largest absolute Gasteiger partial charge is 0.384 e. The van der Waals surface area contributed by atoms with E-state index in [0.29, 0.717) is 17.8 Å². The van der Waals surface area contributed by atoms with E-state index in [4.69, 9.17) is 4.74 Å². The first kappa shape index (κ1) is 14.0. The molecule has 0 radical (unpaired) electrons. The average molecular weight is 312 g/mol. The molecule has 1 fully saturated rings. The molecule has 18 heavy (non-hydrogen) atoms. The lowest BCUT2D eigenvalue weighted by molar-refractivity contribution is 0.107. The van der Waals surface area contributed by atoms with E-state index < -0.39 is 0 Å². The van der Waals surface area contributed by atoms with Crippen LogP contribution in [0.1, 0.15) is 24.8 Å². The highest BCUT2D eigenvalue weighted by Crippen LogP contribution is 2.35. The molecular formula is C15H22BrNO. The highest BCUT2D eigenvalue weighted by molar-refractivity contribution is 9.10. The molecule has 0 spiro atoms. The van der Waals surface area contributed by atoms with Gasteiger partial charge >= 0.3 is 0 Å². The van der Waals surface area contributed by atoms with E-state index in [1.807, 2.05) is 0 Å². The molecule has 1 N–H and O–H groups in total. The van der Waals surface area contributed by atoms with Crippen LogP contribution >= 0.6 is 15.9 Å². The van der Waals surface area contributed by atoms with Gasteiger partial charge in [-0.15, -0.1) is 0 Å². The van der Waals surface area contributed by atoms with Crippen molar-refractivity contribution in [2.45, 2.75) is 19.3 Å². The van der Waals surface area contributed by atoms with Gasteiger partial charge < -0.3 is 10.1 Å². The van der Waals surface area contributed by atoms with E-state index in [1.165, 1.54) is 16.5 Å². The van der Waals surface area contributed by atoms with Crippen molar-refractivity contribution in [2.75, 3.05) is 26.8 Å². The molecule has 2 rings (SSSR count). The normalized spacial score (nSPS) is 25.9. The standard InChI is InChI=1S/C15H22BrNO/c1-11(10-18-2)14-6-7-17-9-15(14)12-4-3-5-13(16)8-12/h3-5,8,11,14-15,17H,6-7,9-10H2,1-2H3. The summed E-state index contributed by atoms with van der Waals surface area (Å²) in [5.41, 5.74) is 1.43. The lowest BCUT2D eigenvalue weighted by Gasteiger charge is -2.36. The molecule has 1 aromatic rings. The maximum atomic E-state index is 5.34. The molecule has 1 aromatic carbocycles. The van der Waals surface area contributed by atoms with Crippen LogP contribution in [-0.2, 0) is 4.74 Å². The van der Waals surface area contributed by atoms with E-state index in [9.17, 15) is 0 Å². The highest BCUT2D eigenvalue weighted by atomic mass is 79.9. The van der Waals surface area contributed by atoms with E-state index in [1.54, 1.807) is 7.11 Å². The van der Waals surface area contributed by atoms with Crippen LogP contribution in [0, 0.1) is 11.8 Å². The van der Waals surface area contributed by atoms with E-state index >= 15 is 0 Å². The zero-order valence-corrected chi connectivity index (χ0v) is 12.7. The maximum Gasteiger partial charge on any atom is 0.0490 e. The van der Waals surface area contributed by atoms with Crippen molar-refractivity contribution in [1.29, 1.82) is 0 Å². The summed E-state index contributed by atoms with van der Waals surface area (Å²) in [6.45, 7) is 5.37. The molecule has 1 saturated heterocycles. The van der Waals surface area contributed by atoms with Gasteiger partial charge in [-0.25, -0.2) is 0 Å². The van der Waals surface area contributed by atoms with Gasteiger partial charge in [0.1, 0.15) is 0 Å². The summed E-state index contributed by atoms with van der Waals surface area (Å²) in [5.74, 6) is 1.92. The number of rotatable bonds is 4. The lowest BCUT2D eigenvalue weighted by atomic mass is 9.75. The van der Waals surface area contributed by atoms with Crippen LogP contribution in [0.2, 0.25) is 0 Å². The number of ether oxygens (including phenoxy) is 1. The smallest absolute Gasteiger partial charge is 0.0490 e. The Bertz CT molecular complexity index is 383. The van der Waals surface area contributed by atoms with Gasteiger partial charge in [-0.2, -0.15) is 0 Å². The number of benzene rings is 1. The van der Waals surface area contributed by atoms with Gasteiger partial charge in [0, 0.05) is 24.7 Å². The fraction of sp³-hybridized carbons (Fsp3) is 0.600. The zero-order chi connectivity index (χ0) is 13.0. The van der Waals surface area contributed by atoms with Crippen LogP contribution in [0.15, 0.2) is 28.7 Å². The number of halogens is 1.